The van der Waals surface area contributed by atoms with Gasteiger partial charge < -0.3 is 9.47 Å². The average molecular weight is 339 g/mol. The standard InChI is InChI=1S/C19H17NO3S/c1-12-9-10-15(16(11-12)22-3)23-19(21)17-13(2)20-18(24-17)14-7-5-4-6-8-14/h4-11H,1-3H3. The van der Waals surface area contributed by atoms with Gasteiger partial charge in [0.2, 0.25) is 0 Å². The Kier molecular flexibility index (Phi) is 4.62. The number of aromatic nitrogens is 1. The number of carbonyl (C=O) groups is 1. The summed E-state index contributed by atoms with van der Waals surface area (Å²) in [5.74, 6) is 0.519. The highest BCUT2D eigenvalue weighted by Crippen LogP contribution is 2.31. The van der Waals surface area contributed by atoms with Crippen molar-refractivity contribution in [2.24, 2.45) is 0 Å². The maximum Gasteiger partial charge on any atom is 0.355 e. The van der Waals surface area contributed by atoms with Crippen LogP contribution < -0.4 is 9.47 Å². The zero-order chi connectivity index (χ0) is 17.1. The fraction of sp³-hybridized carbons (Fsp3) is 0.158. The Hall–Kier alpha value is -2.66. The van der Waals surface area contributed by atoms with Crippen molar-refractivity contribution in [2.45, 2.75) is 13.8 Å². The molecule has 0 amide bonds. The molecule has 1 heterocycles. The molecule has 0 bridgehead atoms. The van der Waals surface area contributed by atoms with Gasteiger partial charge in [-0.25, -0.2) is 9.78 Å². The first kappa shape index (κ1) is 16.2. The van der Waals surface area contributed by atoms with Crippen LogP contribution >= 0.6 is 11.3 Å². The summed E-state index contributed by atoms with van der Waals surface area (Å²) in [7, 11) is 1.55. The normalized spacial score (nSPS) is 10.5. The zero-order valence-corrected chi connectivity index (χ0v) is 14.5. The maximum atomic E-state index is 12.5. The molecule has 1 aromatic heterocycles. The SMILES string of the molecule is COc1cc(C)ccc1OC(=O)c1sc(-c2ccccc2)nc1C. The molecular weight excluding hydrogens is 322 g/mol. The largest absolute Gasteiger partial charge is 0.493 e. The summed E-state index contributed by atoms with van der Waals surface area (Å²) in [6.45, 7) is 3.76. The van der Waals surface area contributed by atoms with E-state index in [1.54, 1.807) is 13.2 Å². The number of hydrogen-bond donors (Lipinski definition) is 0. The second-order valence-electron chi connectivity index (χ2n) is 5.34. The van der Waals surface area contributed by atoms with Gasteiger partial charge >= 0.3 is 5.97 Å². The average Bonchev–Trinajstić information content (AvgIpc) is 2.99. The quantitative estimate of drug-likeness (QED) is 0.512. The van der Waals surface area contributed by atoms with Gasteiger partial charge in [0.1, 0.15) is 9.88 Å². The summed E-state index contributed by atoms with van der Waals surface area (Å²) >= 11 is 1.33. The molecule has 0 aliphatic heterocycles. The minimum Gasteiger partial charge on any atom is -0.493 e. The molecule has 0 N–H and O–H groups in total. The predicted molar refractivity (Wildman–Crippen MR) is 95.0 cm³/mol. The van der Waals surface area contributed by atoms with E-state index in [0.717, 1.165) is 16.1 Å². The Morgan fingerprint density at radius 3 is 2.50 bits per heavy atom. The molecular formula is C19H17NO3S. The molecule has 4 nitrogen and oxygen atoms in total. The minimum atomic E-state index is -0.422. The molecule has 24 heavy (non-hydrogen) atoms. The monoisotopic (exact) mass is 339 g/mol. The molecule has 0 aliphatic carbocycles. The molecule has 0 unspecified atom stereocenters. The molecule has 5 heteroatoms. The molecule has 0 aliphatic rings. The van der Waals surface area contributed by atoms with Crippen LogP contribution in [0.2, 0.25) is 0 Å². The van der Waals surface area contributed by atoms with Gasteiger partial charge in [0.25, 0.3) is 0 Å². The number of hydrogen-bond acceptors (Lipinski definition) is 5. The van der Waals surface area contributed by atoms with Crippen LogP contribution in [0, 0.1) is 13.8 Å². The highest BCUT2D eigenvalue weighted by Gasteiger charge is 2.19. The summed E-state index contributed by atoms with van der Waals surface area (Å²) in [5, 5.41) is 0.802. The highest BCUT2D eigenvalue weighted by molar-refractivity contribution is 7.17. The fourth-order valence-corrected chi connectivity index (χ4v) is 3.24. The molecule has 0 saturated heterocycles. The van der Waals surface area contributed by atoms with Crippen molar-refractivity contribution >= 4 is 17.3 Å². The molecule has 0 spiro atoms. The number of aryl methyl sites for hydroxylation is 2. The van der Waals surface area contributed by atoms with E-state index in [0.29, 0.717) is 22.1 Å². The summed E-state index contributed by atoms with van der Waals surface area (Å²) in [4.78, 5) is 17.5. The molecule has 122 valence electrons. The van der Waals surface area contributed by atoms with E-state index in [4.69, 9.17) is 9.47 Å². The lowest BCUT2D eigenvalue weighted by Gasteiger charge is -2.09. The van der Waals surface area contributed by atoms with E-state index in [2.05, 4.69) is 4.98 Å². The molecule has 0 saturated carbocycles. The molecule has 0 atom stereocenters. The topological polar surface area (TPSA) is 48.4 Å². The third-order valence-corrected chi connectivity index (χ3v) is 4.71. The molecule has 0 fully saturated rings. The second-order valence-corrected chi connectivity index (χ2v) is 6.34. The Balaban J connectivity index is 1.87. The summed E-state index contributed by atoms with van der Waals surface area (Å²) in [6.07, 6.45) is 0. The van der Waals surface area contributed by atoms with Gasteiger partial charge in [-0.15, -0.1) is 11.3 Å². The number of methoxy groups -OCH3 is 1. The van der Waals surface area contributed by atoms with E-state index >= 15 is 0 Å². The summed E-state index contributed by atoms with van der Waals surface area (Å²) < 4.78 is 10.8. The lowest BCUT2D eigenvalue weighted by molar-refractivity contribution is 0.0734. The van der Waals surface area contributed by atoms with Gasteiger partial charge in [0, 0.05) is 5.56 Å². The van der Waals surface area contributed by atoms with Crippen molar-refractivity contribution in [3.8, 4) is 22.1 Å². The van der Waals surface area contributed by atoms with Crippen molar-refractivity contribution in [3.05, 3.63) is 64.7 Å². The molecule has 2 aromatic carbocycles. The van der Waals surface area contributed by atoms with Gasteiger partial charge in [-0.2, -0.15) is 0 Å². The van der Waals surface area contributed by atoms with Crippen molar-refractivity contribution < 1.29 is 14.3 Å². The van der Waals surface area contributed by atoms with Crippen LogP contribution in [0.5, 0.6) is 11.5 Å². The van der Waals surface area contributed by atoms with E-state index in [1.807, 2.05) is 56.3 Å². The third-order valence-electron chi connectivity index (χ3n) is 3.52. The van der Waals surface area contributed by atoms with Crippen LogP contribution in [0.4, 0.5) is 0 Å². The van der Waals surface area contributed by atoms with Gasteiger partial charge in [-0.05, 0) is 31.5 Å². The number of rotatable bonds is 4. The van der Waals surface area contributed by atoms with Crippen LogP contribution in [-0.2, 0) is 0 Å². The van der Waals surface area contributed by atoms with Crippen molar-refractivity contribution in [1.82, 2.24) is 4.98 Å². The molecule has 3 aromatic rings. The fourth-order valence-electron chi connectivity index (χ4n) is 2.30. The van der Waals surface area contributed by atoms with Gasteiger partial charge in [-0.3, -0.25) is 0 Å². The number of ether oxygens (including phenoxy) is 2. The Labute approximate surface area is 144 Å². The lowest BCUT2D eigenvalue weighted by atomic mass is 10.2. The second kappa shape index (κ2) is 6.84. The number of thiazole rings is 1. The van der Waals surface area contributed by atoms with Gasteiger partial charge in [0.05, 0.1) is 12.8 Å². The first-order valence-electron chi connectivity index (χ1n) is 7.48. The predicted octanol–water partition coefficient (Wildman–Crippen LogP) is 4.65. The van der Waals surface area contributed by atoms with E-state index in [-0.39, 0.29) is 0 Å². The van der Waals surface area contributed by atoms with E-state index < -0.39 is 5.97 Å². The Morgan fingerprint density at radius 1 is 1.04 bits per heavy atom. The summed E-state index contributed by atoms with van der Waals surface area (Å²) in [5.41, 5.74) is 2.68. The van der Waals surface area contributed by atoms with Crippen molar-refractivity contribution in [3.63, 3.8) is 0 Å². The van der Waals surface area contributed by atoms with E-state index in [1.165, 1.54) is 11.3 Å². The first-order valence-corrected chi connectivity index (χ1v) is 8.30. The van der Waals surface area contributed by atoms with Crippen LogP contribution in [0.25, 0.3) is 10.6 Å². The summed E-state index contributed by atoms with van der Waals surface area (Å²) in [6, 6.07) is 15.2. The van der Waals surface area contributed by atoms with Gasteiger partial charge in [-0.1, -0.05) is 36.4 Å². The smallest absolute Gasteiger partial charge is 0.355 e. The number of benzene rings is 2. The molecule has 0 radical (unpaired) electrons. The van der Waals surface area contributed by atoms with Crippen LogP contribution in [0.1, 0.15) is 20.9 Å². The number of carbonyl (C=O) groups excluding carboxylic acids is 1. The van der Waals surface area contributed by atoms with Crippen LogP contribution in [0.3, 0.4) is 0 Å². The molecule has 3 rings (SSSR count). The van der Waals surface area contributed by atoms with Crippen LogP contribution in [0.15, 0.2) is 48.5 Å². The maximum absolute atomic E-state index is 12.5. The Morgan fingerprint density at radius 2 is 1.79 bits per heavy atom. The third kappa shape index (κ3) is 3.31. The number of nitrogens with zero attached hydrogens (tertiary/aromatic N) is 1. The van der Waals surface area contributed by atoms with Gasteiger partial charge in [0.15, 0.2) is 11.5 Å². The van der Waals surface area contributed by atoms with Crippen molar-refractivity contribution in [2.75, 3.05) is 7.11 Å². The Bertz CT molecular complexity index is 872. The van der Waals surface area contributed by atoms with Crippen molar-refractivity contribution in [1.29, 1.82) is 0 Å². The van der Waals surface area contributed by atoms with Crippen LogP contribution in [-0.4, -0.2) is 18.1 Å². The zero-order valence-electron chi connectivity index (χ0n) is 13.7. The van der Waals surface area contributed by atoms with E-state index in [9.17, 15) is 4.79 Å². The first-order chi connectivity index (χ1) is 11.6. The highest BCUT2D eigenvalue weighted by atomic mass is 32.1. The lowest BCUT2D eigenvalue weighted by Crippen LogP contribution is -2.09. The number of esters is 1. The minimum absolute atomic E-state index is 0.405.